The molecule has 0 aromatic carbocycles. The molecule has 0 saturated heterocycles. The monoisotopic (exact) mass is 573 g/mol. The molecule has 0 fully saturated rings. The maximum atomic E-state index is 14.1. The van der Waals surface area contributed by atoms with Crippen LogP contribution in [0.3, 0.4) is 0 Å². The summed E-state index contributed by atoms with van der Waals surface area (Å²) in [5.74, 6) is -0.0939. The van der Waals surface area contributed by atoms with Crippen LogP contribution in [0.15, 0.2) is 48.5 Å². The molecule has 4 bridgehead atoms. The van der Waals surface area contributed by atoms with E-state index in [1.54, 1.807) is 12.1 Å². The molecule has 4 aromatic rings. The second-order valence-corrected chi connectivity index (χ2v) is 11.0. The molecule has 9 heteroatoms. The van der Waals surface area contributed by atoms with E-state index in [-0.39, 0.29) is 0 Å². The second kappa shape index (κ2) is 6.25. The van der Waals surface area contributed by atoms with E-state index < -0.39 is 40.9 Å². The van der Waals surface area contributed by atoms with Crippen molar-refractivity contribution < 1.29 is 8.78 Å². The van der Waals surface area contributed by atoms with Gasteiger partial charge in [0, 0.05) is 0 Å². The quantitative estimate of drug-likeness (QED) is 0.320. The molecule has 140 valence electrons. The number of pyridine rings is 2. The first-order valence-corrected chi connectivity index (χ1v) is 11.7. The topological polar surface area (TPSA) is 61.4 Å². The van der Waals surface area contributed by atoms with Gasteiger partial charge < -0.3 is 0 Å². The van der Waals surface area contributed by atoms with Crippen LogP contribution >= 0.6 is 0 Å². The van der Waals surface area contributed by atoms with Crippen molar-refractivity contribution >= 4 is 30.3 Å². The average Bonchev–Trinajstić information content (AvgIpc) is 3.23. The van der Waals surface area contributed by atoms with Crippen molar-refractivity contribution in [2.24, 2.45) is 0 Å². The molecule has 0 amide bonds. The first-order valence-electron chi connectivity index (χ1n) is 8.57. The van der Waals surface area contributed by atoms with E-state index in [9.17, 15) is 8.78 Å². The van der Waals surface area contributed by atoms with Gasteiger partial charge in [0.2, 0.25) is 0 Å². The maximum absolute atomic E-state index is 14.1. The molecule has 6 nitrogen and oxygen atoms in total. The van der Waals surface area contributed by atoms with Crippen LogP contribution in [0.2, 0.25) is 0 Å². The van der Waals surface area contributed by atoms with Crippen LogP contribution in [0.5, 0.6) is 0 Å². The van der Waals surface area contributed by atoms with Gasteiger partial charge in [-0.05, 0) is 0 Å². The Balaban J connectivity index is 1.85. The fourth-order valence-corrected chi connectivity index (χ4v) is 6.93. The molecular weight excluding hydrogens is 559 g/mol. The van der Waals surface area contributed by atoms with Crippen molar-refractivity contribution in [1.29, 1.82) is 0 Å². The zero-order chi connectivity index (χ0) is 19.5. The van der Waals surface area contributed by atoms with Gasteiger partial charge in [-0.3, -0.25) is 0 Å². The Kier molecular flexibility index (Phi) is 3.92. The molecule has 0 spiro atoms. The van der Waals surface area contributed by atoms with E-state index in [1.807, 2.05) is 38.1 Å². The van der Waals surface area contributed by atoms with E-state index in [0.717, 1.165) is 11.4 Å². The molecule has 0 saturated carbocycles. The Morgan fingerprint density at radius 3 is 1.71 bits per heavy atom. The first-order chi connectivity index (χ1) is 13.4. The Labute approximate surface area is 171 Å². The molecule has 0 atom stereocenters. The normalized spacial score (nSPS) is 14.6. The molecule has 0 unspecified atom stereocenters. The fourth-order valence-electron chi connectivity index (χ4n) is 3.16. The molecule has 1 aliphatic heterocycles. The van der Waals surface area contributed by atoms with Crippen molar-refractivity contribution in [3.05, 3.63) is 71.8 Å². The molecule has 0 aliphatic carbocycles. The van der Waals surface area contributed by atoms with Crippen molar-refractivity contribution in [2.75, 3.05) is 0 Å². The summed E-state index contributed by atoms with van der Waals surface area (Å²) in [4.78, 5) is 9.50. The summed E-state index contributed by atoms with van der Waals surface area (Å²) in [5.41, 5.74) is 1.05. The summed E-state index contributed by atoms with van der Waals surface area (Å²) in [6.45, 7) is 4.03. The van der Waals surface area contributed by atoms with Crippen LogP contribution in [-0.2, 0) is 5.41 Å². The Hall–Kier alpha value is -2.52. The van der Waals surface area contributed by atoms with Crippen molar-refractivity contribution in [3.63, 3.8) is 0 Å². The SMILES string of the molecule is CC1(C)c2cccc(n2)-n2nc(F)c[c]2[Po][c]2cc(F)nn2-c2cccc1n2. The second-order valence-electron chi connectivity index (χ2n) is 6.92. The molecule has 1 aliphatic rings. The Morgan fingerprint density at radius 2 is 1.25 bits per heavy atom. The summed E-state index contributed by atoms with van der Waals surface area (Å²) >= 11 is -1.62. The van der Waals surface area contributed by atoms with Crippen LogP contribution in [0.25, 0.3) is 11.6 Å². The third kappa shape index (κ3) is 2.77. The number of hydrogen-bond donors (Lipinski definition) is 0. The number of nitrogens with zero attached hydrogens (tertiary/aromatic N) is 6. The van der Waals surface area contributed by atoms with Gasteiger partial charge in [-0.2, -0.15) is 0 Å². The summed E-state index contributed by atoms with van der Waals surface area (Å²) < 4.78 is 32.6. The van der Waals surface area contributed by atoms with Gasteiger partial charge in [0.1, 0.15) is 0 Å². The standard InChI is InChI=1S/C19H14F2N6.Po/c1-19(2,13-5-3-7-17(22-13)26-11-9-15(20)24-26)14-6-4-8-18(23-14)27-12-10-16(21)25-27;/h3-10H,1-2H3;. The summed E-state index contributed by atoms with van der Waals surface area (Å²) in [5, 5.41) is 8.00. The molecule has 28 heavy (non-hydrogen) atoms. The zero-order valence-electron chi connectivity index (χ0n) is 15.0. The molecule has 0 N–H and O–H groups in total. The predicted octanol–water partition coefficient (Wildman–Crippen LogP) is 1.42. The van der Waals surface area contributed by atoms with Crippen LogP contribution in [0.1, 0.15) is 25.2 Å². The predicted molar refractivity (Wildman–Crippen MR) is 99.8 cm³/mol. The van der Waals surface area contributed by atoms with Gasteiger partial charge in [0.15, 0.2) is 0 Å². The van der Waals surface area contributed by atoms with Gasteiger partial charge in [0.05, 0.1) is 0 Å². The van der Waals surface area contributed by atoms with E-state index in [2.05, 4.69) is 10.2 Å². The van der Waals surface area contributed by atoms with Gasteiger partial charge in [-0.25, -0.2) is 0 Å². The number of hydrogen-bond acceptors (Lipinski definition) is 4. The van der Waals surface area contributed by atoms with Crippen molar-refractivity contribution in [3.8, 4) is 11.6 Å². The Morgan fingerprint density at radius 1 is 0.786 bits per heavy atom. The van der Waals surface area contributed by atoms with Crippen LogP contribution in [0, 0.1) is 11.9 Å². The van der Waals surface area contributed by atoms with Crippen LogP contribution in [-0.4, -0.2) is 53.1 Å². The summed E-state index contributed by atoms with van der Waals surface area (Å²) in [6, 6.07) is 14.0. The summed E-state index contributed by atoms with van der Waals surface area (Å²) in [6.07, 6.45) is 0. The number of halogens is 2. The van der Waals surface area contributed by atoms with Crippen molar-refractivity contribution in [2.45, 2.75) is 19.3 Å². The molecule has 4 aromatic heterocycles. The van der Waals surface area contributed by atoms with Gasteiger partial charge in [0.25, 0.3) is 0 Å². The third-order valence-corrected chi connectivity index (χ3v) is 8.57. The number of aromatic nitrogens is 6. The zero-order valence-corrected chi connectivity index (χ0v) is 18.1. The van der Waals surface area contributed by atoms with Gasteiger partial charge >= 0.3 is 171 Å². The first kappa shape index (κ1) is 17.6. The minimum absolute atomic E-state index is 0.525. The van der Waals surface area contributed by atoms with E-state index in [4.69, 9.17) is 9.97 Å². The number of fused-ring (bicyclic) bond motifs is 8. The average molecular weight is 573 g/mol. The minimum atomic E-state index is -1.62. The van der Waals surface area contributed by atoms with Crippen LogP contribution < -0.4 is 6.71 Å². The van der Waals surface area contributed by atoms with E-state index in [0.29, 0.717) is 18.3 Å². The van der Waals surface area contributed by atoms with E-state index >= 15 is 0 Å². The van der Waals surface area contributed by atoms with Crippen LogP contribution in [0.4, 0.5) is 8.78 Å². The van der Waals surface area contributed by atoms with Gasteiger partial charge in [-0.15, -0.1) is 0 Å². The van der Waals surface area contributed by atoms with Crippen molar-refractivity contribution in [1.82, 2.24) is 29.5 Å². The van der Waals surface area contributed by atoms with E-state index in [1.165, 1.54) is 21.5 Å². The fraction of sp³-hybridized carbons (Fsp3) is 0.158. The third-order valence-electron chi connectivity index (χ3n) is 4.69. The molecular formula is C19H14F2N6Po. The number of rotatable bonds is 0. The summed E-state index contributed by atoms with van der Waals surface area (Å²) in [7, 11) is 0. The molecule has 5 rings (SSSR count). The molecule has 0 radical (unpaired) electrons. The molecule has 5 heterocycles. The van der Waals surface area contributed by atoms with Gasteiger partial charge in [-0.1, -0.05) is 0 Å². The Bertz CT molecular complexity index is 1120.